The van der Waals surface area contributed by atoms with Gasteiger partial charge in [-0.05, 0) is 44.1 Å². The number of ketones is 1. The Morgan fingerprint density at radius 3 is 2.74 bits per heavy atom. The number of carbonyl (C=O) groups is 1. The molecule has 1 fully saturated rings. The van der Waals surface area contributed by atoms with Gasteiger partial charge in [0.2, 0.25) is 0 Å². The molecule has 0 unspecified atom stereocenters. The van der Waals surface area contributed by atoms with Crippen LogP contribution in [0.3, 0.4) is 0 Å². The highest BCUT2D eigenvalue weighted by molar-refractivity contribution is 7.81. The van der Waals surface area contributed by atoms with Crippen LogP contribution in [0.15, 0.2) is 24.0 Å². The number of methoxy groups -OCH3 is 1. The maximum Gasteiger partial charge on any atom is 0.446 e. The molecule has 146 valence electrons. The van der Waals surface area contributed by atoms with E-state index in [1.807, 2.05) is 13.1 Å². The number of benzene rings is 1. The lowest BCUT2D eigenvalue weighted by Crippen LogP contribution is -2.60. The van der Waals surface area contributed by atoms with Gasteiger partial charge in [-0.2, -0.15) is 8.42 Å². The molecule has 1 heterocycles. The molecule has 1 aromatic carbocycles. The van der Waals surface area contributed by atoms with Gasteiger partial charge in [0.15, 0.2) is 23.0 Å². The first-order valence-corrected chi connectivity index (χ1v) is 10.0. The Kier molecular flexibility index (Phi) is 4.03. The second-order valence-corrected chi connectivity index (χ2v) is 8.50. The number of Topliss-reactive ketones (excluding diaryl/α,β-unsaturated/α-hetero) is 1. The summed E-state index contributed by atoms with van der Waals surface area (Å²) in [6.45, 7) is 0.713. The third-order valence-electron chi connectivity index (χ3n) is 6.17. The molecule has 0 aromatic heterocycles. The van der Waals surface area contributed by atoms with Crippen molar-refractivity contribution in [1.82, 2.24) is 4.90 Å². The normalized spacial score (nSPS) is 30.2. The van der Waals surface area contributed by atoms with Gasteiger partial charge in [0, 0.05) is 29.4 Å². The molecule has 8 nitrogen and oxygen atoms in total. The molecule has 0 saturated carbocycles. The molecule has 9 heteroatoms. The van der Waals surface area contributed by atoms with Crippen LogP contribution in [0.2, 0.25) is 0 Å². The third-order valence-corrected chi connectivity index (χ3v) is 6.55. The molecule has 3 atom stereocenters. The Bertz CT molecular complexity index is 955. The van der Waals surface area contributed by atoms with Gasteiger partial charge in [0.1, 0.15) is 0 Å². The number of aliphatic hydroxyl groups excluding tert-OH is 1. The maximum atomic E-state index is 12.4. The first-order chi connectivity index (χ1) is 12.7. The molecule has 2 N–H and O–H groups in total. The summed E-state index contributed by atoms with van der Waals surface area (Å²) in [6.07, 6.45) is 2.82. The zero-order valence-electron chi connectivity index (χ0n) is 15.0. The van der Waals surface area contributed by atoms with E-state index in [1.165, 1.54) is 7.11 Å². The van der Waals surface area contributed by atoms with Crippen molar-refractivity contribution in [3.8, 4) is 11.5 Å². The fourth-order valence-electron chi connectivity index (χ4n) is 5.02. The van der Waals surface area contributed by atoms with Crippen molar-refractivity contribution in [3.05, 3.63) is 35.1 Å². The smallest absolute Gasteiger partial charge is 0.446 e. The number of ether oxygens (including phenoxy) is 1. The first kappa shape index (κ1) is 18.3. The Balaban J connectivity index is 2.01. The lowest BCUT2D eigenvalue weighted by Gasteiger charge is -2.56. The van der Waals surface area contributed by atoms with Gasteiger partial charge in [0.25, 0.3) is 0 Å². The van der Waals surface area contributed by atoms with E-state index < -0.39 is 15.8 Å². The van der Waals surface area contributed by atoms with Crippen molar-refractivity contribution < 1.29 is 31.8 Å². The minimum Gasteiger partial charge on any atom is -0.505 e. The topological polar surface area (TPSA) is 113 Å². The van der Waals surface area contributed by atoms with Crippen molar-refractivity contribution in [1.29, 1.82) is 0 Å². The Hall–Kier alpha value is -2.10. The molecule has 2 aliphatic carbocycles. The van der Waals surface area contributed by atoms with E-state index in [4.69, 9.17) is 8.92 Å². The van der Waals surface area contributed by atoms with Crippen LogP contribution in [0.4, 0.5) is 0 Å². The number of nitrogens with zero attached hydrogens (tertiary/aromatic N) is 1. The number of allylic oxidation sites excluding steroid dienone is 1. The van der Waals surface area contributed by atoms with E-state index in [1.54, 1.807) is 12.1 Å². The van der Waals surface area contributed by atoms with E-state index in [9.17, 15) is 22.9 Å². The van der Waals surface area contributed by atoms with Gasteiger partial charge in [-0.25, -0.2) is 0 Å². The second-order valence-electron chi connectivity index (χ2n) is 7.48. The van der Waals surface area contributed by atoms with Gasteiger partial charge in [-0.15, -0.1) is 0 Å². The van der Waals surface area contributed by atoms with Crippen LogP contribution in [0.5, 0.6) is 11.5 Å². The predicted octanol–water partition coefficient (Wildman–Crippen LogP) is 1.41. The number of hydrogen-bond acceptors (Lipinski definition) is 7. The molecule has 2 bridgehead atoms. The Morgan fingerprint density at radius 2 is 2.07 bits per heavy atom. The van der Waals surface area contributed by atoms with Crippen molar-refractivity contribution in [2.24, 2.45) is 5.92 Å². The van der Waals surface area contributed by atoms with E-state index in [-0.39, 0.29) is 41.4 Å². The Labute approximate surface area is 157 Å². The largest absolute Gasteiger partial charge is 0.505 e. The fraction of sp³-hybridized carbons (Fsp3) is 0.500. The van der Waals surface area contributed by atoms with Crippen LogP contribution >= 0.6 is 0 Å². The monoisotopic (exact) mass is 395 g/mol. The average molecular weight is 395 g/mol. The second kappa shape index (κ2) is 5.95. The number of aliphatic hydroxyl groups is 1. The first-order valence-electron chi connectivity index (χ1n) is 8.68. The van der Waals surface area contributed by atoms with Crippen LogP contribution in [0, 0.1) is 5.92 Å². The molecule has 27 heavy (non-hydrogen) atoms. The number of hydrogen-bond donors (Lipinski definition) is 2. The van der Waals surface area contributed by atoms with Crippen LogP contribution in [0.1, 0.15) is 24.0 Å². The molecule has 1 saturated heterocycles. The Morgan fingerprint density at radius 1 is 1.33 bits per heavy atom. The summed E-state index contributed by atoms with van der Waals surface area (Å²) >= 11 is 0. The average Bonchev–Trinajstić information content (AvgIpc) is 2.58. The molecule has 4 rings (SSSR count). The van der Waals surface area contributed by atoms with Crippen molar-refractivity contribution in [2.45, 2.75) is 30.7 Å². The SMILES string of the molecule is COc1ccc2c(c1OS(=O)(=O)O)[C@@]13CCN(C)[C@@H](C2)[C@H]1C=C(O)C(=O)C3. The summed E-state index contributed by atoms with van der Waals surface area (Å²) in [4.78, 5) is 14.6. The summed E-state index contributed by atoms with van der Waals surface area (Å²) in [5, 5.41) is 10.1. The van der Waals surface area contributed by atoms with Gasteiger partial charge in [-0.1, -0.05) is 6.07 Å². The van der Waals surface area contributed by atoms with Gasteiger partial charge >= 0.3 is 10.4 Å². The minimum absolute atomic E-state index is 0.0480. The maximum absolute atomic E-state index is 12.4. The van der Waals surface area contributed by atoms with Gasteiger partial charge < -0.3 is 18.9 Å². The summed E-state index contributed by atoms with van der Waals surface area (Å²) in [5.41, 5.74) is 0.707. The lowest BCUT2D eigenvalue weighted by atomic mass is 9.53. The molecule has 0 amide bonds. The molecular formula is C18H21NO7S. The van der Waals surface area contributed by atoms with Crippen LogP contribution in [0.25, 0.3) is 0 Å². The third kappa shape index (κ3) is 2.72. The van der Waals surface area contributed by atoms with E-state index in [2.05, 4.69) is 4.90 Å². The molecule has 0 radical (unpaired) electrons. The molecule has 0 spiro atoms. The number of likely N-dealkylation sites (N-methyl/N-ethyl adjacent to an activating group) is 1. The number of piperidine rings is 1. The fourth-order valence-corrected chi connectivity index (χ4v) is 5.40. The van der Waals surface area contributed by atoms with Crippen LogP contribution < -0.4 is 8.92 Å². The lowest BCUT2D eigenvalue weighted by molar-refractivity contribution is -0.122. The summed E-state index contributed by atoms with van der Waals surface area (Å²) in [7, 11) is -1.41. The number of likely N-dealkylation sites (tertiary alicyclic amines) is 1. The molecular weight excluding hydrogens is 374 g/mol. The summed E-state index contributed by atoms with van der Waals surface area (Å²) in [5.74, 6) is -0.726. The minimum atomic E-state index is -4.79. The number of fused-ring (bicyclic) bond motifs is 1. The zero-order valence-corrected chi connectivity index (χ0v) is 15.8. The standard InChI is InChI=1S/C18H21NO7S/c1-19-6-5-18-9-14(21)13(20)8-11(18)12(19)7-10-3-4-15(25-2)17(16(10)18)26-27(22,23)24/h3-4,8,11-12,20H,5-7,9H2,1-2H3,(H,22,23,24)/t11-,12+,18-/m1/s1. The molecule has 1 aliphatic heterocycles. The van der Waals surface area contributed by atoms with Crippen LogP contribution in [-0.4, -0.2) is 55.5 Å². The van der Waals surface area contributed by atoms with Gasteiger partial charge in [-0.3, -0.25) is 9.35 Å². The van der Waals surface area contributed by atoms with Crippen LogP contribution in [-0.2, 0) is 27.0 Å². The highest BCUT2D eigenvalue weighted by Crippen LogP contribution is 2.57. The van der Waals surface area contributed by atoms with E-state index in [0.717, 1.165) is 5.56 Å². The van der Waals surface area contributed by atoms with Crippen molar-refractivity contribution >= 4 is 16.2 Å². The predicted molar refractivity (Wildman–Crippen MR) is 95.4 cm³/mol. The molecule has 3 aliphatic rings. The number of carbonyl (C=O) groups excluding carboxylic acids is 1. The molecule has 1 aromatic rings. The van der Waals surface area contributed by atoms with E-state index >= 15 is 0 Å². The van der Waals surface area contributed by atoms with Crippen molar-refractivity contribution in [3.63, 3.8) is 0 Å². The summed E-state index contributed by atoms with van der Waals surface area (Å²) in [6, 6.07) is 3.51. The van der Waals surface area contributed by atoms with Crippen molar-refractivity contribution in [2.75, 3.05) is 20.7 Å². The highest BCUT2D eigenvalue weighted by atomic mass is 32.3. The highest BCUT2D eigenvalue weighted by Gasteiger charge is 2.56. The number of rotatable bonds is 3. The van der Waals surface area contributed by atoms with E-state index in [0.29, 0.717) is 24.9 Å². The summed E-state index contributed by atoms with van der Waals surface area (Å²) < 4.78 is 42.5. The van der Waals surface area contributed by atoms with Gasteiger partial charge in [0.05, 0.1) is 7.11 Å². The quantitative estimate of drug-likeness (QED) is 0.739. The zero-order chi connectivity index (χ0) is 19.6.